The molecule has 1 amide bonds. The first kappa shape index (κ1) is 11.5. The molecule has 1 aromatic rings. The van der Waals surface area contributed by atoms with Crippen LogP contribution in [-0.4, -0.2) is 18.2 Å². The number of carbonyl (C=O) groups is 1. The molecule has 0 aliphatic heterocycles. The second-order valence-corrected chi connectivity index (χ2v) is 3.80. The van der Waals surface area contributed by atoms with Crippen LogP contribution in [0.5, 0.6) is 0 Å². The van der Waals surface area contributed by atoms with Gasteiger partial charge in [0, 0.05) is 6.20 Å². The third-order valence-electron chi connectivity index (χ3n) is 1.87. The molecule has 82 valence electrons. The molecule has 0 aromatic carbocycles. The number of hydrogen-bond donors (Lipinski definition) is 1. The Labute approximate surface area is 89.7 Å². The second kappa shape index (κ2) is 5.34. The van der Waals surface area contributed by atoms with E-state index in [1.165, 1.54) is 7.11 Å². The molecule has 15 heavy (non-hydrogen) atoms. The van der Waals surface area contributed by atoms with Gasteiger partial charge in [0.15, 0.2) is 0 Å². The van der Waals surface area contributed by atoms with Crippen LogP contribution in [-0.2, 0) is 11.2 Å². The fourth-order valence-electron chi connectivity index (χ4n) is 1.31. The Balaban J connectivity index is 2.69. The number of pyridine rings is 1. The molecule has 4 nitrogen and oxygen atoms in total. The zero-order chi connectivity index (χ0) is 11.3. The number of nitrogens with zero attached hydrogens (tertiary/aromatic N) is 1. The molecule has 0 saturated carbocycles. The number of hydrogen-bond acceptors (Lipinski definition) is 3. The summed E-state index contributed by atoms with van der Waals surface area (Å²) >= 11 is 0. The van der Waals surface area contributed by atoms with Crippen LogP contribution < -0.4 is 5.32 Å². The molecule has 0 bridgehead atoms. The second-order valence-electron chi connectivity index (χ2n) is 3.80. The van der Waals surface area contributed by atoms with Gasteiger partial charge in [-0.2, -0.15) is 0 Å². The van der Waals surface area contributed by atoms with Gasteiger partial charge in [-0.15, -0.1) is 0 Å². The highest BCUT2D eigenvalue weighted by Gasteiger charge is 2.03. The van der Waals surface area contributed by atoms with E-state index in [1.54, 1.807) is 6.20 Å². The molecule has 1 rings (SSSR count). The molecule has 0 atom stereocenters. The largest absolute Gasteiger partial charge is 0.453 e. The van der Waals surface area contributed by atoms with Gasteiger partial charge in [-0.3, -0.25) is 10.3 Å². The summed E-state index contributed by atoms with van der Waals surface area (Å²) in [5.74, 6) is 0.570. The number of nitrogens with one attached hydrogen (secondary N) is 1. The summed E-state index contributed by atoms with van der Waals surface area (Å²) in [7, 11) is 1.33. The molecule has 4 heteroatoms. The van der Waals surface area contributed by atoms with Crippen molar-refractivity contribution in [2.75, 3.05) is 12.4 Å². The maximum atomic E-state index is 11.0. The standard InChI is InChI=1S/C11H16N2O2/c1-8(2)4-9-5-10(7-12-6-9)13-11(14)15-3/h5-8H,4H2,1-3H3,(H,13,14). The maximum absolute atomic E-state index is 11.0. The molecule has 1 N–H and O–H groups in total. The molecular formula is C11H16N2O2. The van der Waals surface area contributed by atoms with E-state index >= 15 is 0 Å². The van der Waals surface area contributed by atoms with Gasteiger partial charge < -0.3 is 4.74 Å². The van der Waals surface area contributed by atoms with Crippen molar-refractivity contribution < 1.29 is 9.53 Å². The number of methoxy groups -OCH3 is 1. The number of aromatic nitrogens is 1. The van der Waals surface area contributed by atoms with E-state index in [0.717, 1.165) is 12.0 Å². The fourth-order valence-corrected chi connectivity index (χ4v) is 1.31. The van der Waals surface area contributed by atoms with Crippen LogP contribution in [0.1, 0.15) is 19.4 Å². The summed E-state index contributed by atoms with van der Waals surface area (Å²) in [5, 5.41) is 2.58. The first-order chi connectivity index (χ1) is 7.11. The number of ether oxygens (including phenoxy) is 1. The Kier molecular flexibility index (Phi) is 4.09. The monoisotopic (exact) mass is 208 g/mol. The van der Waals surface area contributed by atoms with Gasteiger partial charge >= 0.3 is 6.09 Å². The third-order valence-corrected chi connectivity index (χ3v) is 1.87. The first-order valence-corrected chi connectivity index (χ1v) is 4.90. The van der Waals surface area contributed by atoms with Gasteiger partial charge in [-0.1, -0.05) is 13.8 Å². The van der Waals surface area contributed by atoms with Crippen LogP contribution in [0.15, 0.2) is 18.5 Å². The number of rotatable bonds is 3. The Bertz CT molecular complexity index is 337. The number of carbonyl (C=O) groups excluding carboxylic acids is 1. The predicted octanol–water partition coefficient (Wildman–Crippen LogP) is 2.46. The van der Waals surface area contributed by atoms with Crippen molar-refractivity contribution >= 4 is 11.8 Å². The summed E-state index contributed by atoms with van der Waals surface area (Å²) in [4.78, 5) is 15.0. The normalized spacial score (nSPS) is 10.1. The molecule has 0 saturated heterocycles. The first-order valence-electron chi connectivity index (χ1n) is 4.90. The number of amides is 1. The van der Waals surface area contributed by atoms with E-state index in [4.69, 9.17) is 0 Å². The Hall–Kier alpha value is -1.58. The van der Waals surface area contributed by atoms with Crippen LogP contribution in [0.25, 0.3) is 0 Å². The number of anilines is 1. The van der Waals surface area contributed by atoms with Crippen molar-refractivity contribution in [1.29, 1.82) is 0 Å². The van der Waals surface area contributed by atoms with Crippen LogP contribution in [0.3, 0.4) is 0 Å². The Morgan fingerprint density at radius 1 is 1.53 bits per heavy atom. The SMILES string of the molecule is COC(=O)Nc1cncc(CC(C)C)c1. The van der Waals surface area contributed by atoms with Crippen molar-refractivity contribution in [2.45, 2.75) is 20.3 Å². The van der Waals surface area contributed by atoms with Gasteiger partial charge in [0.1, 0.15) is 0 Å². The van der Waals surface area contributed by atoms with Crippen molar-refractivity contribution in [1.82, 2.24) is 4.98 Å². The highest BCUT2D eigenvalue weighted by Crippen LogP contribution is 2.12. The minimum atomic E-state index is -0.474. The lowest BCUT2D eigenvalue weighted by Gasteiger charge is -2.07. The van der Waals surface area contributed by atoms with Gasteiger partial charge in [-0.25, -0.2) is 4.79 Å². The summed E-state index contributed by atoms with van der Waals surface area (Å²) in [6, 6.07) is 1.91. The zero-order valence-corrected chi connectivity index (χ0v) is 9.28. The quantitative estimate of drug-likeness (QED) is 0.830. The van der Waals surface area contributed by atoms with E-state index < -0.39 is 6.09 Å². The average molecular weight is 208 g/mol. The summed E-state index contributed by atoms with van der Waals surface area (Å²) in [6.45, 7) is 4.28. The topological polar surface area (TPSA) is 51.2 Å². The Morgan fingerprint density at radius 3 is 2.87 bits per heavy atom. The van der Waals surface area contributed by atoms with Crippen LogP contribution >= 0.6 is 0 Å². The molecule has 1 heterocycles. The Morgan fingerprint density at radius 2 is 2.27 bits per heavy atom. The lowest BCUT2D eigenvalue weighted by atomic mass is 10.0. The third kappa shape index (κ3) is 3.97. The van der Waals surface area contributed by atoms with Gasteiger partial charge in [0.2, 0.25) is 0 Å². The van der Waals surface area contributed by atoms with Crippen molar-refractivity contribution in [3.63, 3.8) is 0 Å². The summed E-state index contributed by atoms with van der Waals surface area (Å²) in [5.41, 5.74) is 1.78. The molecule has 0 radical (unpaired) electrons. The van der Waals surface area contributed by atoms with Crippen LogP contribution in [0.2, 0.25) is 0 Å². The van der Waals surface area contributed by atoms with E-state index in [2.05, 4.69) is 28.9 Å². The van der Waals surface area contributed by atoms with Crippen molar-refractivity contribution in [3.05, 3.63) is 24.0 Å². The molecule has 0 unspecified atom stereocenters. The highest BCUT2D eigenvalue weighted by molar-refractivity contribution is 5.84. The van der Waals surface area contributed by atoms with Gasteiger partial charge in [0.05, 0.1) is 19.0 Å². The smallest absolute Gasteiger partial charge is 0.411 e. The van der Waals surface area contributed by atoms with E-state index in [1.807, 2.05) is 12.3 Å². The van der Waals surface area contributed by atoms with Gasteiger partial charge in [-0.05, 0) is 24.0 Å². The molecule has 0 aliphatic carbocycles. The molecule has 0 aliphatic rings. The lowest BCUT2D eigenvalue weighted by Crippen LogP contribution is -2.11. The average Bonchev–Trinajstić information content (AvgIpc) is 2.17. The van der Waals surface area contributed by atoms with E-state index in [9.17, 15) is 4.79 Å². The van der Waals surface area contributed by atoms with Crippen LogP contribution in [0, 0.1) is 5.92 Å². The molecular weight excluding hydrogens is 192 g/mol. The minimum Gasteiger partial charge on any atom is -0.453 e. The maximum Gasteiger partial charge on any atom is 0.411 e. The molecule has 0 fully saturated rings. The summed E-state index contributed by atoms with van der Waals surface area (Å²) in [6.07, 6.45) is 3.88. The molecule has 1 aromatic heterocycles. The van der Waals surface area contributed by atoms with Crippen molar-refractivity contribution in [2.24, 2.45) is 5.92 Å². The lowest BCUT2D eigenvalue weighted by molar-refractivity contribution is 0.187. The van der Waals surface area contributed by atoms with Crippen LogP contribution in [0.4, 0.5) is 10.5 Å². The van der Waals surface area contributed by atoms with Crippen molar-refractivity contribution in [3.8, 4) is 0 Å². The summed E-state index contributed by atoms with van der Waals surface area (Å²) < 4.78 is 4.50. The van der Waals surface area contributed by atoms with Gasteiger partial charge in [0.25, 0.3) is 0 Å². The predicted molar refractivity (Wildman–Crippen MR) is 58.8 cm³/mol. The fraction of sp³-hybridized carbons (Fsp3) is 0.455. The highest BCUT2D eigenvalue weighted by atomic mass is 16.5. The van der Waals surface area contributed by atoms with E-state index in [-0.39, 0.29) is 0 Å². The molecule has 0 spiro atoms. The minimum absolute atomic E-state index is 0.474. The van der Waals surface area contributed by atoms with E-state index in [0.29, 0.717) is 11.6 Å². The zero-order valence-electron chi connectivity index (χ0n) is 9.28.